The lowest BCUT2D eigenvalue weighted by atomic mass is 9.96. The average molecular weight is 536 g/mol. The summed E-state index contributed by atoms with van der Waals surface area (Å²) in [4.78, 5) is 14.5. The van der Waals surface area contributed by atoms with Gasteiger partial charge in [0, 0.05) is 49.8 Å². The zero-order valence-corrected chi connectivity index (χ0v) is 23.9. The van der Waals surface area contributed by atoms with E-state index in [0.717, 1.165) is 45.7 Å². The van der Waals surface area contributed by atoms with Crippen molar-refractivity contribution in [1.29, 1.82) is 0 Å². The van der Waals surface area contributed by atoms with Crippen LogP contribution in [0.5, 0.6) is 0 Å². The molecule has 1 fully saturated rings. The number of rotatable bonds is 8. The van der Waals surface area contributed by atoms with Gasteiger partial charge in [0.15, 0.2) is 0 Å². The second-order valence-corrected chi connectivity index (χ2v) is 10.9. The highest BCUT2D eigenvalue weighted by molar-refractivity contribution is 5.83. The Labute approximate surface area is 238 Å². The lowest BCUT2D eigenvalue weighted by Gasteiger charge is -2.38. The predicted molar refractivity (Wildman–Crippen MR) is 163 cm³/mol. The quantitative estimate of drug-likeness (QED) is 0.305. The summed E-state index contributed by atoms with van der Waals surface area (Å²) in [7, 11) is 6.41. The first-order valence-corrected chi connectivity index (χ1v) is 14.2. The summed E-state index contributed by atoms with van der Waals surface area (Å²) in [5.41, 5.74) is 6.59. The van der Waals surface area contributed by atoms with Crippen LogP contribution in [0.15, 0.2) is 97.7 Å². The predicted octanol–water partition coefficient (Wildman–Crippen LogP) is 4.94. The van der Waals surface area contributed by atoms with Crippen molar-refractivity contribution in [3.05, 3.63) is 120 Å². The second kappa shape index (κ2) is 13.5. The van der Waals surface area contributed by atoms with Crippen molar-refractivity contribution < 1.29 is 0 Å². The molecule has 1 aliphatic heterocycles. The molecule has 0 unspecified atom stereocenters. The van der Waals surface area contributed by atoms with Crippen LogP contribution in [0.1, 0.15) is 28.3 Å². The number of aromatic amines is 1. The number of likely N-dealkylation sites (N-methyl/N-ethyl adjacent to an activating group) is 2. The molecular formula is C33H41N7. The van der Waals surface area contributed by atoms with E-state index in [4.69, 9.17) is 0 Å². The number of benzene rings is 3. The van der Waals surface area contributed by atoms with Crippen LogP contribution in [-0.4, -0.2) is 88.3 Å². The Hall–Kier alpha value is -3.78. The third-order valence-electron chi connectivity index (χ3n) is 7.60. The molecule has 3 aromatic carbocycles. The maximum Gasteiger partial charge on any atom is 0.137 e. The number of hydrogen-bond donors (Lipinski definition) is 1. The first-order valence-electron chi connectivity index (χ1n) is 14.2. The minimum atomic E-state index is 0.381. The van der Waals surface area contributed by atoms with Crippen LogP contribution in [0.4, 0.5) is 0 Å². The SMILES string of the molecule is CN(C)CCc1c[nH]c2ccc(Cn3cncn3)cc12.CN1CCN(C(c2ccccc2)c2ccccc2)CC1. The maximum atomic E-state index is 4.15. The van der Waals surface area contributed by atoms with E-state index in [1.807, 2.05) is 4.68 Å². The third kappa shape index (κ3) is 7.24. The van der Waals surface area contributed by atoms with Gasteiger partial charge in [0.05, 0.1) is 12.6 Å². The zero-order valence-electron chi connectivity index (χ0n) is 23.9. The molecule has 0 radical (unpaired) electrons. The molecule has 0 saturated carbocycles. The molecule has 1 N–H and O–H groups in total. The lowest BCUT2D eigenvalue weighted by Crippen LogP contribution is -2.46. The standard InChI is InChI=1S/C18H22N2.C15H19N5/c1-19-12-14-20(15-13-19)18(16-8-4-2-5-9-16)17-10-6-3-7-11-17;1-19(2)6-5-13-8-17-15-4-3-12(7-14(13)15)9-20-11-16-10-18-20/h2-11,18H,12-15H2,1H3;3-4,7-8,10-11,17H,5-6,9H2,1-2H3. The normalized spacial score (nSPS) is 14.5. The Morgan fingerprint density at radius 3 is 2.15 bits per heavy atom. The topological polar surface area (TPSA) is 56.2 Å². The molecular weight excluding hydrogens is 494 g/mol. The summed E-state index contributed by atoms with van der Waals surface area (Å²) in [6.07, 6.45) is 6.48. The fourth-order valence-electron chi connectivity index (χ4n) is 5.34. The average Bonchev–Trinajstić information content (AvgIpc) is 3.64. The summed E-state index contributed by atoms with van der Waals surface area (Å²) in [6.45, 7) is 6.37. The van der Waals surface area contributed by atoms with E-state index in [2.05, 4.69) is 136 Å². The van der Waals surface area contributed by atoms with Gasteiger partial charge in [-0.3, -0.25) is 4.90 Å². The van der Waals surface area contributed by atoms with Gasteiger partial charge in [-0.25, -0.2) is 9.67 Å². The Morgan fingerprint density at radius 1 is 0.875 bits per heavy atom. The highest BCUT2D eigenvalue weighted by Gasteiger charge is 2.24. The Bertz CT molecular complexity index is 1380. The summed E-state index contributed by atoms with van der Waals surface area (Å²) in [6, 6.07) is 28.6. The van der Waals surface area contributed by atoms with Gasteiger partial charge in [0.25, 0.3) is 0 Å². The fourth-order valence-corrected chi connectivity index (χ4v) is 5.34. The molecule has 0 spiro atoms. The summed E-state index contributed by atoms with van der Waals surface area (Å²) < 4.78 is 1.84. The number of hydrogen-bond acceptors (Lipinski definition) is 5. The third-order valence-corrected chi connectivity index (χ3v) is 7.60. The molecule has 208 valence electrons. The molecule has 6 rings (SSSR count). The van der Waals surface area contributed by atoms with E-state index in [-0.39, 0.29) is 0 Å². The molecule has 7 heteroatoms. The fraction of sp³-hybridized carbons (Fsp3) is 0.333. The molecule has 0 amide bonds. The van der Waals surface area contributed by atoms with Crippen LogP contribution in [0.2, 0.25) is 0 Å². The van der Waals surface area contributed by atoms with Crippen molar-refractivity contribution in [2.45, 2.75) is 19.0 Å². The Balaban J connectivity index is 0.000000161. The minimum absolute atomic E-state index is 0.381. The molecule has 0 atom stereocenters. The van der Waals surface area contributed by atoms with Crippen molar-refractivity contribution in [3.8, 4) is 0 Å². The first kappa shape index (κ1) is 27.8. The van der Waals surface area contributed by atoms with Crippen LogP contribution >= 0.6 is 0 Å². The molecule has 2 aromatic heterocycles. The van der Waals surface area contributed by atoms with Gasteiger partial charge in [0.2, 0.25) is 0 Å². The summed E-state index contributed by atoms with van der Waals surface area (Å²) >= 11 is 0. The van der Waals surface area contributed by atoms with E-state index in [9.17, 15) is 0 Å². The van der Waals surface area contributed by atoms with Crippen LogP contribution < -0.4 is 0 Å². The Kier molecular flexibility index (Phi) is 9.39. The van der Waals surface area contributed by atoms with Crippen LogP contribution in [0.3, 0.4) is 0 Å². The van der Waals surface area contributed by atoms with Crippen molar-refractivity contribution in [3.63, 3.8) is 0 Å². The van der Waals surface area contributed by atoms with Gasteiger partial charge in [-0.05, 0) is 62.0 Å². The smallest absolute Gasteiger partial charge is 0.137 e. The van der Waals surface area contributed by atoms with E-state index >= 15 is 0 Å². The van der Waals surface area contributed by atoms with Gasteiger partial charge in [-0.2, -0.15) is 5.10 Å². The second-order valence-electron chi connectivity index (χ2n) is 10.9. The molecule has 7 nitrogen and oxygen atoms in total. The number of nitrogens with one attached hydrogen (secondary N) is 1. The summed E-state index contributed by atoms with van der Waals surface area (Å²) in [5, 5.41) is 5.46. The van der Waals surface area contributed by atoms with Crippen molar-refractivity contribution in [2.75, 3.05) is 53.9 Å². The highest BCUT2D eigenvalue weighted by atomic mass is 15.3. The van der Waals surface area contributed by atoms with Gasteiger partial charge >= 0.3 is 0 Å². The molecule has 3 heterocycles. The van der Waals surface area contributed by atoms with E-state index in [0.29, 0.717) is 6.04 Å². The lowest BCUT2D eigenvalue weighted by molar-refractivity contribution is 0.127. The van der Waals surface area contributed by atoms with Crippen molar-refractivity contribution in [2.24, 2.45) is 0 Å². The van der Waals surface area contributed by atoms with Crippen molar-refractivity contribution in [1.82, 2.24) is 34.4 Å². The van der Waals surface area contributed by atoms with Crippen LogP contribution in [0, 0.1) is 0 Å². The van der Waals surface area contributed by atoms with Gasteiger partial charge < -0.3 is 14.8 Å². The largest absolute Gasteiger partial charge is 0.361 e. The summed E-state index contributed by atoms with van der Waals surface area (Å²) in [5.74, 6) is 0. The number of nitrogens with zero attached hydrogens (tertiary/aromatic N) is 6. The maximum absolute atomic E-state index is 4.15. The van der Waals surface area contributed by atoms with E-state index in [1.54, 1.807) is 12.7 Å². The van der Waals surface area contributed by atoms with E-state index in [1.165, 1.54) is 33.2 Å². The molecule has 1 aliphatic rings. The Morgan fingerprint density at radius 2 is 1.55 bits per heavy atom. The van der Waals surface area contributed by atoms with Crippen LogP contribution in [-0.2, 0) is 13.0 Å². The monoisotopic (exact) mass is 535 g/mol. The molecule has 40 heavy (non-hydrogen) atoms. The number of piperazine rings is 1. The van der Waals surface area contributed by atoms with E-state index < -0.39 is 0 Å². The molecule has 5 aromatic rings. The van der Waals surface area contributed by atoms with Crippen molar-refractivity contribution >= 4 is 10.9 Å². The van der Waals surface area contributed by atoms with Gasteiger partial charge in [-0.15, -0.1) is 0 Å². The number of aromatic nitrogens is 4. The van der Waals surface area contributed by atoms with Crippen LogP contribution in [0.25, 0.3) is 10.9 Å². The first-order chi connectivity index (χ1) is 19.6. The molecule has 1 saturated heterocycles. The molecule has 0 bridgehead atoms. The number of fused-ring (bicyclic) bond motifs is 1. The zero-order chi connectivity index (χ0) is 27.7. The minimum Gasteiger partial charge on any atom is -0.361 e. The van der Waals surface area contributed by atoms with Gasteiger partial charge in [0.1, 0.15) is 12.7 Å². The number of H-pyrrole nitrogens is 1. The molecule has 0 aliphatic carbocycles. The highest BCUT2D eigenvalue weighted by Crippen LogP contribution is 2.29. The van der Waals surface area contributed by atoms with Gasteiger partial charge in [-0.1, -0.05) is 66.7 Å².